The Balaban J connectivity index is 2.43. The topological polar surface area (TPSA) is 31.9 Å². The van der Waals surface area contributed by atoms with Crippen LogP contribution >= 0.6 is 0 Å². The van der Waals surface area contributed by atoms with Crippen LogP contribution in [0.2, 0.25) is 0 Å². The quantitative estimate of drug-likeness (QED) is 0.699. The molecule has 1 aromatic heterocycles. The lowest BCUT2D eigenvalue weighted by molar-refractivity contribution is 0.311. The van der Waals surface area contributed by atoms with Gasteiger partial charge in [0.1, 0.15) is 0 Å². The number of nitrogens with one attached hydrogen (secondary N) is 1. The summed E-state index contributed by atoms with van der Waals surface area (Å²) >= 11 is 0. The fourth-order valence-corrected chi connectivity index (χ4v) is 0.897. The number of nitrogens with zero attached hydrogens (tertiary/aromatic N) is 2. The highest BCUT2D eigenvalue weighted by atomic mass is 15.1. The second kappa shape index (κ2) is 3.53. The SMILES string of the molecule is CC(Cc1cnc[nH]1)N(C)C. The Morgan fingerprint density at radius 3 is 2.82 bits per heavy atom. The minimum Gasteiger partial charge on any atom is -0.348 e. The first-order valence-electron chi connectivity index (χ1n) is 3.84. The molecule has 0 aromatic carbocycles. The van der Waals surface area contributed by atoms with Crippen molar-refractivity contribution in [1.29, 1.82) is 0 Å². The molecule has 0 spiro atoms. The van der Waals surface area contributed by atoms with Gasteiger partial charge in [0, 0.05) is 24.4 Å². The van der Waals surface area contributed by atoms with E-state index in [0.29, 0.717) is 6.04 Å². The molecule has 1 unspecified atom stereocenters. The van der Waals surface area contributed by atoms with Crippen LogP contribution in [0.5, 0.6) is 0 Å². The zero-order valence-corrected chi connectivity index (χ0v) is 7.33. The van der Waals surface area contributed by atoms with Gasteiger partial charge in [0.05, 0.1) is 6.33 Å². The lowest BCUT2D eigenvalue weighted by Crippen LogP contribution is -2.26. The van der Waals surface area contributed by atoms with Crippen LogP contribution < -0.4 is 0 Å². The second-order valence-corrected chi connectivity index (χ2v) is 3.09. The Hall–Kier alpha value is -0.830. The number of hydrogen-bond donors (Lipinski definition) is 1. The Morgan fingerprint density at radius 2 is 2.36 bits per heavy atom. The molecule has 1 heterocycles. The van der Waals surface area contributed by atoms with Gasteiger partial charge in [-0.1, -0.05) is 0 Å². The van der Waals surface area contributed by atoms with Crippen molar-refractivity contribution < 1.29 is 0 Å². The number of H-pyrrole nitrogens is 1. The van der Waals surface area contributed by atoms with Crippen LogP contribution in [0.3, 0.4) is 0 Å². The second-order valence-electron chi connectivity index (χ2n) is 3.09. The monoisotopic (exact) mass is 153 g/mol. The molecule has 0 bridgehead atoms. The molecule has 62 valence electrons. The highest BCUT2D eigenvalue weighted by Gasteiger charge is 2.05. The number of rotatable bonds is 3. The summed E-state index contributed by atoms with van der Waals surface area (Å²) < 4.78 is 0. The molecule has 11 heavy (non-hydrogen) atoms. The fourth-order valence-electron chi connectivity index (χ4n) is 0.897. The molecule has 0 aliphatic carbocycles. The highest BCUT2D eigenvalue weighted by molar-refractivity contribution is 4.96. The van der Waals surface area contributed by atoms with E-state index < -0.39 is 0 Å². The van der Waals surface area contributed by atoms with Gasteiger partial charge in [-0.2, -0.15) is 0 Å². The Morgan fingerprint density at radius 1 is 1.64 bits per heavy atom. The van der Waals surface area contributed by atoms with Crippen molar-refractivity contribution in [1.82, 2.24) is 14.9 Å². The van der Waals surface area contributed by atoms with Crippen molar-refractivity contribution in [2.75, 3.05) is 14.1 Å². The number of likely N-dealkylation sites (N-methyl/N-ethyl adjacent to an activating group) is 1. The first-order chi connectivity index (χ1) is 5.20. The minimum atomic E-state index is 0.565. The molecule has 1 atom stereocenters. The van der Waals surface area contributed by atoms with Crippen molar-refractivity contribution in [3.05, 3.63) is 18.2 Å². The first-order valence-corrected chi connectivity index (χ1v) is 3.84. The van der Waals surface area contributed by atoms with Crippen molar-refractivity contribution in [2.24, 2.45) is 0 Å². The zero-order chi connectivity index (χ0) is 8.27. The predicted molar refractivity (Wildman–Crippen MR) is 45.4 cm³/mol. The first kappa shape index (κ1) is 8.27. The molecule has 0 aliphatic rings. The maximum absolute atomic E-state index is 3.96. The maximum Gasteiger partial charge on any atom is 0.0921 e. The molecule has 0 amide bonds. The average Bonchev–Trinajstić information content (AvgIpc) is 2.39. The summed E-state index contributed by atoms with van der Waals surface area (Å²) in [5.41, 5.74) is 1.20. The highest BCUT2D eigenvalue weighted by Crippen LogP contribution is 2.01. The summed E-state index contributed by atoms with van der Waals surface area (Å²) in [6.07, 6.45) is 4.63. The van der Waals surface area contributed by atoms with Crippen molar-refractivity contribution >= 4 is 0 Å². The average molecular weight is 153 g/mol. The molecule has 0 radical (unpaired) electrons. The summed E-state index contributed by atoms with van der Waals surface area (Å²) in [6.45, 7) is 2.20. The Labute approximate surface area is 67.4 Å². The molecular weight excluding hydrogens is 138 g/mol. The van der Waals surface area contributed by atoms with Gasteiger partial charge in [0.2, 0.25) is 0 Å². The van der Waals surface area contributed by atoms with Crippen LogP contribution in [0.1, 0.15) is 12.6 Å². The summed E-state index contributed by atoms with van der Waals surface area (Å²) in [5.74, 6) is 0. The van der Waals surface area contributed by atoms with E-state index in [-0.39, 0.29) is 0 Å². The largest absolute Gasteiger partial charge is 0.348 e. The van der Waals surface area contributed by atoms with E-state index in [0.717, 1.165) is 6.42 Å². The predicted octanol–water partition coefficient (Wildman–Crippen LogP) is 0.902. The zero-order valence-electron chi connectivity index (χ0n) is 7.33. The van der Waals surface area contributed by atoms with Crippen molar-refractivity contribution in [3.63, 3.8) is 0 Å². The van der Waals surface area contributed by atoms with Crippen LogP contribution in [0, 0.1) is 0 Å². The van der Waals surface area contributed by atoms with Crippen LogP contribution in [0.25, 0.3) is 0 Å². The van der Waals surface area contributed by atoms with E-state index in [2.05, 4.69) is 35.9 Å². The summed E-state index contributed by atoms with van der Waals surface area (Å²) in [5, 5.41) is 0. The fraction of sp³-hybridized carbons (Fsp3) is 0.625. The molecule has 0 saturated heterocycles. The van der Waals surface area contributed by atoms with E-state index in [4.69, 9.17) is 0 Å². The Kier molecular flexibility index (Phi) is 2.65. The van der Waals surface area contributed by atoms with Crippen LogP contribution in [-0.4, -0.2) is 35.0 Å². The van der Waals surface area contributed by atoms with E-state index in [1.54, 1.807) is 6.33 Å². The number of aromatic nitrogens is 2. The van der Waals surface area contributed by atoms with Gasteiger partial charge in [-0.05, 0) is 21.0 Å². The maximum atomic E-state index is 3.96. The van der Waals surface area contributed by atoms with E-state index in [1.807, 2.05) is 6.20 Å². The molecule has 1 rings (SSSR count). The van der Waals surface area contributed by atoms with Crippen LogP contribution in [0.4, 0.5) is 0 Å². The van der Waals surface area contributed by atoms with Crippen molar-refractivity contribution in [3.8, 4) is 0 Å². The van der Waals surface area contributed by atoms with E-state index in [9.17, 15) is 0 Å². The van der Waals surface area contributed by atoms with Gasteiger partial charge < -0.3 is 9.88 Å². The van der Waals surface area contributed by atoms with Gasteiger partial charge in [0.15, 0.2) is 0 Å². The van der Waals surface area contributed by atoms with E-state index >= 15 is 0 Å². The van der Waals surface area contributed by atoms with Crippen LogP contribution in [0.15, 0.2) is 12.5 Å². The Bertz CT molecular complexity index is 191. The third kappa shape index (κ3) is 2.35. The van der Waals surface area contributed by atoms with Gasteiger partial charge in [-0.3, -0.25) is 0 Å². The lowest BCUT2D eigenvalue weighted by Gasteiger charge is -2.18. The minimum absolute atomic E-state index is 0.565. The van der Waals surface area contributed by atoms with Gasteiger partial charge >= 0.3 is 0 Å². The number of aromatic amines is 1. The molecular formula is C8H15N3. The smallest absolute Gasteiger partial charge is 0.0921 e. The molecule has 1 aromatic rings. The van der Waals surface area contributed by atoms with E-state index in [1.165, 1.54) is 5.69 Å². The third-order valence-corrected chi connectivity index (χ3v) is 1.95. The molecule has 0 aliphatic heterocycles. The summed E-state index contributed by atoms with van der Waals surface area (Å²) in [7, 11) is 4.17. The standard InChI is InChI=1S/C8H15N3/c1-7(11(2)3)4-8-5-9-6-10-8/h5-7H,4H2,1-3H3,(H,9,10). The van der Waals surface area contributed by atoms with Crippen LogP contribution in [-0.2, 0) is 6.42 Å². The lowest BCUT2D eigenvalue weighted by atomic mass is 10.2. The molecule has 0 fully saturated rings. The number of hydrogen-bond acceptors (Lipinski definition) is 2. The number of imidazole rings is 1. The third-order valence-electron chi connectivity index (χ3n) is 1.95. The van der Waals surface area contributed by atoms with Gasteiger partial charge in [0.25, 0.3) is 0 Å². The normalized spacial score (nSPS) is 13.8. The summed E-state index contributed by atoms with van der Waals surface area (Å²) in [4.78, 5) is 9.24. The molecule has 1 N–H and O–H groups in total. The summed E-state index contributed by atoms with van der Waals surface area (Å²) in [6, 6.07) is 0.565. The molecule has 0 saturated carbocycles. The van der Waals surface area contributed by atoms with Gasteiger partial charge in [-0.25, -0.2) is 4.98 Å². The molecule has 3 heteroatoms. The van der Waals surface area contributed by atoms with Crippen molar-refractivity contribution in [2.45, 2.75) is 19.4 Å². The van der Waals surface area contributed by atoms with Gasteiger partial charge in [-0.15, -0.1) is 0 Å². The molecule has 3 nitrogen and oxygen atoms in total.